The Bertz CT molecular complexity index is 453. The second-order valence-corrected chi connectivity index (χ2v) is 6.43. The zero-order valence-electron chi connectivity index (χ0n) is 11.2. The lowest BCUT2D eigenvalue weighted by Gasteiger charge is -2.28. The van der Waals surface area contributed by atoms with Crippen molar-refractivity contribution in [1.82, 2.24) is 5.32 Å². The van der Waals surface area contributed by atoms with Crippen molar-refractivity contribution < 1.29 is 9.90 Å². The van der Waals surface area contributed by atoms with Crippen LogP contribution in [0.4, 0.5) is 0 Å². The van der Waals surface area contributed by atoms with Crippen LogP contribution < -0.4 is 5.32 Å². The molecule has 1 aromatic carbocycles. The number of hydrogen-bond donors (Lipinski definition) is 2. The molecule has 0 heterocycles. The minimum atomic E-state index is -0.0772. The predicted octanol–water partition coefficient (Wildman–Crippen LogP) is 3.70. The number of rotatable bonds is 3. The first kappa shape index (κ1) is 14.6. The number of carbonyl (C=O) groups is 1. The molecule has 4 heteroatoms. The molecule has 1 fully saturated rings. The number of carbonyl (C=O) groups excluding carboxylic acids is 1. The first-order valence-electron chi connectivity index (χ1n) is 6.89. The van der Waals surface area contributed by atoms with Crippen LogP contribution in [0.5, 0.6) is 5.75 Å². The molecule has 1 amide bonds. The van der Waals surface area contributed by atoms with E-state index in [1.165, 1.54) is 25.3 Å². The summed E-state index contributed by atoms with van der Waals surface area (Å²) < 4.78 is 0.762. The molecule has 0 saturated heterocycles. The van der Waals surface area contributed by atoms with E-state index in [9.17, 15) is 9.90 Å². The molecule has 0 atom stereocenters. The number of benzene rings is 1. The van der Waals surface area contributed by atoms with Gasteiger partial charge in [-0.25, -0.2) is 0 Å². The van der Waals surface area contributed by atoms with E-state index < -0.39 is 0 Å². The lowest BCUT2D eigenvalue weighted by atomic mass is 9.84. The van der Waals surface area contributed by atoms with Gasteiger partial charge in [-0.05, 0) is 72.4 Å². The van der Waals surface area contributed by atoms with Gasteiger partial charge in [0.2, 0.25) is 0 Å². The molecule has 0 radical (unpaired) electrons. The average molecular weight is 373 g/mol. The van der Waals surface area contributed by atoms with Gasteiger partial charge in [0, 0.05) is 11.6 Å². The van der Waals surface area contributed by atoms with E-state index in [0.717, 1.165) is 22.3 Å². The van der Waals surface area contributed by atoms with Crippen molar-refractivity contribution in [2.45, 2.75) is 45.1 Å². The summed E-state index contributed by atoms with van der Waals surface area (Å²) >= 11 is 2.04. The minimum Gasteiger partial charge on any atom is -0.507 e. The first-order valence-corrected chi connectivity index (χ1v) is 7.97. The summed E-state index contributed by atoms with van der Waals surface area (Å²) in [7, 11) is 0. The van der Waals surface area contributed by atoms with E-state index in [4.69, 9.17) is 0 Å². The zero-order valence-corrected chi connectivity index (χ0v) is 13.3. The molecule has 1 aliphatic carbocycles. The van der Waals surface area contributed by atoms with Crippen LogP contribution in [0.25, 0.3) is 0 Å². The third kappa shape index (κ3) is 3.84. The topological polar surface area (TPSA) is 49.3 Å². The third-order valence-corrected chi connectivity index (χ3v) is 4.88. The van der Waals surface area contributed by atoms with Crippen molar-refractivity contribution >= 4 is 28.5 Å². The molecule has 0 aliphatic heterocycles. The number of amides is 1. The van der Waals surface area contributed by atoms with Gasteiger partial charge in [-0.2, -0.15) is 0 Å². The van der Waals surface area contributed by atoms with Crippen molar-refractivity contribution in [3.05, 3.63) is 27.3 Å². The van der Waals surface area contributed by atoms with E-state index in [1.807, 2.05) is 22.6 Å². The fourth-order valence-corrected chi connectivity index (χ4v) is 2.97. The molecule has 1 aliphatic rings. The van der Waals surface area contributed by atoms with Crippen LogP contribution in [0.15, 0.2) is 18.2 Å². The molecule has 2 rings (SSSR count). The highest BCUT2D eigenvalue weighted by Crippen LogP contribution is 2.27. The summed E-state index contributed by atoms with van der Waals surface area (Å²) in [5.41, 5.74) is 0.538. The Morgan fingerprint density at radius 1 is 1.37 bits per heavy atom. The smallest absolute Gasteiger partial charge is 0.251 e. The van der Waals surface area contributed by atoms with Crippen LogP contribution in [0.3, 0.4) is 0 Å². The highest BCUT2D eigenvalue weighted by Gasteiger charge is 2.21. The van der Waals surface area contributed by atoms with Gasteiger partial charge in [-0.1, -0.05) is 13.3 Å². The van der Waals surface area contributed by atoms with Crippen LogP contribution in [0.2, 0.25) is 0 Å². The van der Waals surface area contributed by atoms with Crippen LogP contribution in [-0.4, -0.2) is 17.1 Å². The standard InChI is InChI=1S/C15H20INO2/c1-2-10-3-6-12(7-4-10)17-15(19)11-5-8-13(16)14(18)9-11/h5,8-10,12,18H,2-4,6-7H2,1H3,(H,17,19). The summed E-state index contributed by atoms with van der Waals surface area (Å²) in [5, 5.41) is 12.7. The SMILES string of the molecule is CCC1CCC(NC(=O)c2ccc(I)c(O)c2)CC1. The summed E-state index contributed by atoms with van der Waals surface area (Å²) in [4.78, 5) is 12.1. The van der Waals surface area contributed by atoms with Gasteiger partial charge in [0.05, 0.1) is 3.57 Å². The Hall–Kier alpha value is -0.780. The van der Waals surface area contributed by atoms with Gasteiger partial charge in [-0.3, -0.25) is 4.79 Å². The van der Waals surface area contributed by atoms with E-state index in [-0.39, 0.29) is 17.7 Å². The van der Waals surface area contributed by atoms with Gasteiger partial charge in [0.1, 0.15) is 5.75 Å². The second-order valence-electron chi connectivity index (χ2n) is 5.27. The van der Waals surface area contributed by atoms with Gasteiger partial charge < -0.3 is 10.4 Å². The Kier molecular flexibility index (Phi) is 5.07. The number of phenols is 1. The molecule has 0 bridgehead atoms. The zero-order chi connectivity index (χ0) is 13.8. The largest absolute Gasteiger partial charge is 0.507 e. The molecular weight excluding hydrogens is 353 g/mol. The van der Waals surface area contributed by atoms with Crippen LogP contribution in [-0.2, 0) is 0 Å². The highest BCUT2D eigenvalue weighted by molar-refractivity contribution is 14.1. The quantitative estimate of drug-likeness (QED) is 0.794. The van der Waals surface area contributed by atoms with Crippen molar-refractivity contribution in [3.8, 4) is 5.75 Å². The lowest BCUT2D eigenvalue weighted by Crippen LogP contribution is -2.37. The third-order valence-electron chi connectivity index (χ3n) is 3.97. The van der Waals surface area contributed by atoms with E-state index in [1.54, 1.807) is 12.1 Å². The van der Waals surface area contributed by atoms with Crippen molar-refractivity contribution in [3.63, 3.8) is 0 Å². The maximum absolute atomic E-state index is 12.1. The molecule has 1 aromatic rings. The number of phenolic OH excluding ortho intramolecular Hbond substituents is 1. The van der Waals surface area contributed by atoms with Crippen molar-refractivity contribution in [2.75, 3.05) is 0 Å². The van der Waals surface area contributed by atoms with Crippen LogP contribution >= 0.6 is 22.6 Å². The molecule has 104 valence electrons. The molecule has 19 heavy (non-hydrogen) atoms. The van der Waals surface area contributed by atoms with Crippen LogP contribution in [0, 0.1) is 9.49 Å². The van der Waals surface area contributed by atoms with Crippen molar-refractivity contribution in [2.24, 2.45) is 5.92 Å². The fraction of sp³-hybridized carbons (Fsp3) is 0.533. The van der Waals surface area contributed by atoms with Gasteiger partial charge in [0.15, 0.2) is 0 Å². The number of aromatic hydroxyl groups is 1. The average Bonchev–Trinajstić information content (AvgIpc) is 2.42. The Balaban J connectivity index is 1.92. The Labute approximate surface area is 127 Å². The van der Waals surface area contributed by atoms with Crippen molar-refractivity contribution in [1.29, 1.82) is 0 Å². The molecule has 0 unspecified atom stereocenters. The molecular formula is C15H20INO2. The minimum absolute atomic E-state index is 0.0772. The summed E-state index contributed by atoms with van der Waals surface area (Å²) in [6.07, 6.45) is 5.80. The van der Waals surface area contributed by atoms with Crippen LogP contribution in [0.1, 0.15) is 49.4 Å². The van der Waals surface area contributed by atoms with Gasteiger partial charge in [0.25, 0.3) is 5.91 Å². The first-order chi connectivity index (χ1) is 9.10. The monoisotopic (exact) mass is 373 g/mol. The molecule has 0 spiro atoms. The summed E-state index contributed by atoms with van der Waals surface area (Å²) in [5.74, 6) is 0.921. The fourth-order valence-electron chi connectivity index (χ4n) is 2.64. The van der Waals surface area contributed by atoms with E-state index >= 15 is 0 Å². The predicted molar refractivity (Wildman–Crippen MR) is 84.3 cm³/mol. The molecule has 1 saturated carbocycles. The maximum Gasteiger partial charge on any atom is 0.251 e. The molecule has 0 aromatic heterocycles. The number of halogens is 1. The van der Waals surface area contributed by atoms with Gasteiger partial charge in [-0.15, -0.1) is 0 Å². The van der Waals surface area contributed by atoms with E-state index in [0.29, 0.717) is 5.56 Å². The van der Waals surface area contributed by atoms with Gasteiger partial charge >= 0.3 is 0 Å². The Morgan fingerprint density at radius 2 is 2.05 bits per heavy atom. The lowest BCUT2D eigenvalue weighted by molar-refractivity contribution is 0.0921. The second kappa shape index (κ2) is 6.59. The highest BCUT2D eigenvalue weighted by atomic mass is 127. The number of hydrogen-bond acceptors (Lipinski definition) is 2. The molecule has 3 nitrogen and oxygen atoms in total. The summed E-state index contributed by atoms with van der Waals surface area (Å²) in [6, 6.07) is 5.35. The maximum atomic E-state index is 12.1. The molecule has 2 N–H and O–H groups in total. The normalized spacial score (nSPS) is 23.1. The summed E-state index contributed by atoms with van der Waals surface area (Å²) in [6.45, 7) is 2.23. The Morgan fingerprint density at radius 3 is 2.63 bits per heavy atom. The number of nitrogens with one attached hydrogen (secondary N) is 1. The van der Waals surface area contributed by atoms with E-state index in [2.05, 4.69) is 12.2 Å².